The van der Waals surface area contributed by atoms with Crippen LogP contribution in [0.4, 0.5) is 0 Å². The van der Waals surface area contributed by atoms with Crippen molar-refractivity contribution in [3.63, 3.8) is 0 Å². The number of rotatable bonds is 39. The molecule has 0 radical (unpaired) electrons. The van der Waals surface area contributed by atoms with Gasteiger partial charge in [-0.2, -0.15) is 0 Å². The molecule has 0 spiro atoms. The molecule has 0 saturated heterocycles. The summed E-state index contributed by atoms with van der Waals surface area (Å²) in [5, 5.41) is 0. The van der Waals surface area contributed by atoms with E-state index in [1.54, 1.807) is 48.8 Å². The molecule has 0 aromatic carbocycles. The van der Waals surface area contributed by atoms with Crippen LogP contribution in [0.3, 0.4) is 0 Å². The average molecular weight is 1700 g/mol. The molecule has 0 aliphatic heterocycles. The predicted molar refractivity (Wildman–Crippen MR) is 444 cm³/mol. The Kier molecular flexibility index (Phi) is 118. The third kappa shape index (κ3) is 114. The number of esters is 9. The molecule has 102 heavy (non-hydrogen) atoms. The molecular weight excluding hydrogens is 1560 g/mol. The lowest BCUT2D eigenvalue weighted by atomic mass is 10.2. The zero-order chi connectivity index (χ0) is 77.5. The Bertz CT molecular complexity index is 2310. The minimum atomic E-state index is -2.81. The Morgan fingerprint density at radius 2 is 0.775 bits per heavy atom. The molecule has 38 heteroatoms. The van der Waals surface area contributed by atoms with Crippen molar-refractivity contribution in [2.45, 2.75) is 145 Å². The highest BCUT2D eigenvalue weighted by Gasteiger charge is 2.27. The Morgan fingerprint density at radius 1 is 0.451 bits per heavy atom. The standard InChI is InChI=1S/C9H18O4Si.C8H14O4Si.C8H16O4Si.C8H16O2Si.C6H11ClO3Si.C6H12O2Si.2C5H10O2Si.C4H5Cl3O2Si.5CH4/c1-7(2)9(10)12-6-14(11-5)13-8(3)4;1-6(2)8(10)11-4-7(9)12-5-13-3;1-5-12-13(10-4)6-11-8(9)7(2)3;1-7(2)8(9)4-5-10-6-11-3;1-5(2)6(8)10-4-11(7)9-3;1-5(2)6(7)8-4-9-3;2*1-3-5(6)7-4-8-2;1-2-4(8)9-3-10(5,6)7;;;;;/h8,14H,1,6H2,2-5H3;1,4-5,13H2,2-3H3;13H,2,5-6H2,1,3-4H3;1,4-6,11H2,2-3H3;11H,1,4H2,2-3H3;1,4,9H2,2-3H3;2*3H,1,4,8H2,2H3;2H,1,3H2;5*1H4. The highest BCUT2D eigenvalue weighted by Crippen LogP contribution is 2.19. The molecule has 0 bridgehead atoms. The average Bonchev–Trinajstić information content (AvgIpc) is 1.03. The summed E-state index contributed by atoms with van der Waals surface area (Å²) in [6, 6.07) is -2.81. The fourth-order valence-electron chi connectivity index (χ4n) is 3.89. The van der Waals surface area contributed by atoms with Crippen LogP contribution in [0, 0.1) is 0 Å². The molecule has 0 aromatic heterocycles. The van der Waals surface area contributed by atoms with Gasteiger partial charge in [0.25, 0.3) is 0 Å². The molecule has 602 valence electrons. The minimum Gasteiger partial charge on any atom is -0.468 e. The van der Waals surface area contributed by atoms with Crippen LogP contribution in [0.25, 0.3) is 0 Å². The predicted octanol–water partition coefficient (Wildman–Crippen LogP) is 7.92. The lowest BCUT2D eigenvalue weighted by Gasteiger charge is -2.16. The van der Waals surface area contributed by atoms with E-state index in [-0.39, 0.29) is 152 Å². The van der Waals surface area contributed by atoms with Gasteiger partial charge in [-0.25, -0.2) is 43.2 Å². The van der Waals surface area contributed by atoms with Crippen LogP contribution in [-0.4, -0.2) is 243 Å². The normalized spacial score (nSPS) is 10.5. The van der Waals surface area contributed by atoms with Crippen LogP contribution in [0.2, 0.25) is 32.7 Å². The van der Waals surface area contributed by atoms with E-state index in [9.17, 15) is 47.9 Å². The zero-order valence-electron chi connectivity index (χ0n) is 60.4. The molecule has 0 heterocycles. The number of halogens is 4. The van der Waals surface area contributed by atoms with Crippen molar-refractivity contribution in [3.8, 4) is 0 Å². The van der Waals surface area contributed by atoms with Crippen molar-refractivity contribution in [3.05, 3.63) is 111 Å². The molecule has 0 rings (SSSR count). The number of Topliss-reactive ketones (excluding diaryl/α,β-unsaturated/α-hetero) is 1. The summed E-state index contributed by atoms with van der Waals surface area (Å²) < 4.78 is 73.2. The largest absolute Gasteiger partial charge is 0.468 e. The summed E-state index contributed by atoms with van der Waals surface area (Å²) >= 11 is 21.8. The van der Waals surface area contributed by atoms with Gasteiger partial charge in [0.15, 0.2) is 12.4 Å². The smallest absolute Gasteiger partial charge is 0.378 e. The maximum atomic E-state index is 11.0. The van der Waals surface area contributed by atoms with Gasteiger partial charge in [0, 0.05) is 102 Å². The Morgan fingerprint density at radius 3 is 1.08 bits per heavy atom. The summed E-state index contributed by atoms with van der Waals surface area (Å²) in [6.07, 6.45) is 7.75. The van der Waals surface area contributed by atoms with Gasteiger partial charge in [0.1, 0.15) is 24.9 Å². The highest BCUT2D eigenvalue weighted by atomic mass is 35.8. The molecule has 0 aliphatic carbocycles. The summed E-state index contributed by atoms with van der Waals surface area (Å²) in [4.78, 5) is 107. The second-order valence-electron chi connectivity index (χ2n) is 19.0. The number of carbonyl (C=O) groups is 10. The summed E-state index contributed by atoms with van der Waals surface area (Å²) in [6.45, 7) is 57.1. The SMILES string of the molecule is C.C.C.C.C.C=C(C)C(=O)CCOC[SiH2]C.C=C(C)C(=O)OCC(=O)OC[SiH2]C.C=C(C)C(=O)OC[SiH2]C.C=C(C)C(=O)OC[SiH](Cl)OC.C=C(C)C(=O)OC[SiH](OC)OC(C)C.C=C(C)C(=O)OC[SiH](OC)OCC.C=CC(=O)OC[SiH2]C.C=CC(=O)OC[SiH2]C.C=CC(=O)OC[Si](Cl)(Cl)Cl. The molecule has 0 amide bonds. The van der Waals surface area contributed by atoms with Crippen molar-refractivity contribution in [2.24, 2.45) is 0 Å². The quantitative estimate of drug-likeness (QED) is 0.0141. The first-order valence-electron chi connectivity index (χ1n) is 30.2. The molecule has 0 N–H and O–H groups in total. The van der Waals surface area contributed by atoms with Gasteiger partial charge in [-0.05, 0) is 67.9 Å². The lowest BCUT2D eigenvalue weighted by molar-refractivity contribution is -0.155. The Balaban J connectivity index is -0.0000000711. The van der Waals surface area contributed by atoms with Gasteiger partial charge in [-0.1, -0.05) is 129 Å². The fraction of sp³-hybridized carbons (Fsp3) is 0.562. The zero-order valence-corrected chi connectivity index (χ0v) is 74.9. The first kappa shape index (κ1) is 130. The first-order chi connectivity index (χ1) is 45.2. The maximum Gasteiger partial charge on any atom is 0.378 e. The summed E-state index contributed by atoms with van der Waals surface area (Å²) in [5.41, 5.74) is 2.54. The molecular formula is C64H132Cl4O25Si9. The number of hydrogen-bond acceptors (Lipinski definition) is 25. The Hall–Kier alpha value is -4.57. The number of hydrogen-bond donors (Lipinski definition) is 0. The second kappa shape index (κ2) is 92.5. The van der Waals surface area contributed by atoms with Crippen molar-refractivity contribution >= 4 is 184 Å². The van der Waals surface area contributed by atoms with E-state index in [1.165, 1.54) is 26.2 Å². The van der Waals surface area contributed by atoms with Gasteiger partial charge in [-0.3, -0.25) is 4.79 Å². The molecule has 0 aliphatic rings. The molecule has 0 saturated carbocycles. The molecule has 3 unspecified atom stereocenters. The van der Waals surface area contributed by atoms with Crippen molar-refractivity contribution < 1.29 is 117 Å². The van der Waals surface area contributed by atoms with E-state index >= 15 is 0 Å². The van der Waals surface area contributed by atoms with Crippen LogP contribution < -0.4 is 0 Å². The molecule has 3 atom stereocenters. The molecule has 25 nitrogen and oxygen atoms in total. The van der Waals surface area contributed by atoms with Crippen molar-refractivity contribution in [1.29, 1.82) is 0 Å². The van der Waals surface area contributed by atoms with Crippen molar-refractivity contribution in [1.82, 2.24) is 0 Å². The summed E-state index contributed by atoms with van der Waals surface area (Å²) in [7, 11) is -1.51. The third-order valence-corrected chi connectivity index (χ3v) is 18.6. The van der Waals surface area contributed by atoms with Crippen LogP contribution in [-0.2, 0) is 117 Å². The highest BCUT2D eigenvalue weighted by molar-refractivity contribution is 7.64. The monoisotopic (exact) mass is 1690 g/mol. The van der Waals surface area contributed by atoms with Crippen LogP contribution in [0.1, 0.15) is 106 Å². The van der Waals surface area contributed by atoms with Crippen LogP contribution in [0.15, 0.2) is 111 Å². The van der Waals surface area contributed by atoms with Gasteiger partial charge in [0.2, 0.25) is 0 Å². The van der Waals surface area contributed by atoms with Gasteiger partial charge in [0.05, 0.1) is 69.6 Å². The fourth-order valence-corrected chi connectivity index (χ4v) is 9.66. The topological polar surface area (TPSA) is 309 Å². The maximum absolute atomic E-state index is 11.0. The third-order valence-electron chi connectivity index (χ3n) is 8.65. The van der Waals surface area contributed by atoms with E-state index in [0.29, 0.717) is 72.4 Å². The number of carbonyl (C=O) groups excluding carboxylic acids is 10. The van der Waals surface area contributed by atoms with E-state index in [4.69, 9.17) is 94.9 Å². The van der Waals surface area contributed by atoms with Gasteiger partial charge < -0.3 is 69.5 Å². The van der Waals surface area contributed by atoms with E-state index < -0.39 is 68.7 Å². The van der Waals surface area contributed by atoms with E-state index in [1.807, 2.05) is 27.3 Å². The van der Waals surface area contributed by atoms with Crippen LogP contribution in [0.5, 0.6) is 0 Å². The second-order valence-corrected chi connectivity index (χ2v) is 42.1. The molecule has 0 aromatic rings. The minimum absolute atomic E-state index is 0. The number of ether oxygens (including phenoxy) is 10. The van der Waals surface area contributed by atoms with E-state index in [2.05, 4.69) is 104 Å². The lowest BCUT2D eigenvalue weighted by Crippen LogP contribution is -2.32. The van der Waals surface area contributed by atoms with Crippen molar-refractivity contribution in [2.75, 3.05) is 97.2 Å². The summed E-state index contributed by atoms with van der Waals surface area (Å²) in [5.74, 6) is -3.60. The number of allylic oxidation sites excluding steroid dienone is 1. The number of ketones is 1. The van der Waals surface area contributed by atoms with Gasteiger partial charge in [-0.15, -0.1) is 44.3 Å². The first-order valence-corrected chi connectivity index (χ1v) is 54.0. The molecule has 0 fully saturated rings. The van der Waals surface area contributed by atoms with Gasteiger partial charge >= 0.3 is 86.6 Å². The van der Waals surface area contributed by atoms with Crippen LogP contribution >= 0.6 is 44.3 Å². The van der Waals surface area contributed by atoms with E-state index in [0.717, 1.165) is 12.3 Å². The Labute approximate surface area is 650 Å².